The number of nitrogens with zero attached hydrogens (tertiary/aromatic N) is 2. The summed E-state index contributed by atoms with van der Waals surface area (Å²) in [5, 5.41) is 0. The first-order valence-corrected chi connectivity index (χ1v) is 10.2. The van der Waals surface area contributed by atoms with Gasteiger partial charge in [-0.1, -0.05) is 0 Å². The molecule has 2 N–H and O–H groups in total. The molecule has 0 aliphatic heterocycles. The molecule has 0 aliphatic rings. The quantitative estimate of drug-likeness (QED) is 0.606. The number of ether oxygens (including phenoxy) is 2. The van der Waals surface area contributed by atoms with Gasteiger partial charge in [-0.25, -0.2) is 27.2 Å². The summed E-state index contributed by atoms with van der Waals surface area (Å²) in [6.07, 6.45) is 2.04. The van der Waals surface area contributed by atoms with E-state index in [1.807, 2.05) is 0 Å². The standard InChI is InChI=1S/C18H16F2N4O5S/c1-9-11(7-14(28-2)17(25)22-9)16-15(8-21-18(23-16)24-30(3,26)27)29-13-5-4-10(19)6-12(13)20/h4-8H,1-3H3,(H,22,25)(H,21,23,24). The number of halogens is 2. The molecule has 30 heavy (non-hydrogen) atoms. The number of H-pyrrole nitrogens is 1. The van der Waals surface area contributed by atoms with E-state index in [-0.39, 0.29) is 28.9 Å². The van der Waals surface area contributed by atoms with Crippen molar-refractivity contribution in [1.29, 1.82) is 0 Å². The lowest BCUT2D eigenvalue weighted by Crippen LogP contribution is -2.14. The fourth-order valence-corrected chi connectivity index (χ4v) is 2.96. The molecule has 0 unspecified atom stereocenters. The Bertz CT molecular complexity index is 1280. The molecule has 0 saturated carbocycles. The van der Waals surface area contributed by atoms with Gasteiger partial charge >= 0.3 is 0 Å². The van der Waals surface area contributed by atoms with E-state index in [1.54, 1.807) is 6.92 Å². The molecule has 2 aromatic heterocycles. The molecule has 158 valence electrons. The minimum atomic E-state index is -3.69. The Hall–Kier alpha value is -3.54. The molecule has 0 saturated heterocycles. The summed E-state index contributed by atoms with van der Waals surface area (Å²) in [6.45, 7) is 1.57. The number of aromatic amines is 1. The third-order valence-electron chi connectivity index (χ3n) is 3.83. The van der Waals surface area contributed by atoms with Crippen LogP contribution < -0.4 is 19.8 Å². The van der Waals surface area contributed by atoms with Crippen molar-refractivity contribution in [2.45, 2.75) is 6.92 Å². The Kier molecular flexibility index (Phi) is 5.69. The largest absolute Gasteiger partial charge is 0.491 e. The summed E-state index contributed by atoms with van der Waals surface area (Å²) < 4.78 is 63.0. The molecule has 9 nitrogen and oxygen atoms in total. The second kappa shape index (κ2) is 8.06. The van der Waals surface area contributed by atoms with Crippen molar-refractivity contribution in [1.82, 2.24) is 15.0 Å². The second-order valence-electron chi connectivity index (χ2n) is 6.16. The zero-order chi connectivity index (χ0) is 22.1. The zero-order valence-corrected chi connectivity index (χ0v) is 16.8. The Balaban J connectivity index is 2.19. The SMILES string of the molecule is COc1cc(-c2nc(NS(C)(=O)=O)ncc2Oc2ccc(F)cc2F)c(C)[nH]c1=O. The van der Waals surface area contributed by atoms with Gasteiger partial charge in [-0.3, -0.25) is 9.52 Å². The number of aryl methyl sites for hydroxylation is 1. The highest BCUT2D eigenvalue weighted by atomic mass is 32.2. The molecule has 1 aromatic carbocycles. The van der Waals surface area contributed by atoms with E-state index < -0.39 is 27.2 Å². The van der Waals surface area contributed by atoms with Crippen LogP contribution in [0.15, 0.2) is 35.3 Å². The number of aromatic nitrogens is 3. The summed E-state index contributed by atoms with van der Waals surface area (Å²) >= 11 is 0. The van der Waals surface area contributed by atoms with Gasteiger partial charge in [0.2, 0.25) is 16.0 Å². The molecule has 0 spiro atoms. The third-order valence-corrected chi connectivity index (χ3v) is 4.38. The minimum Gasteiger partial charge on any atom is -0.491 e. The van der Waals surface area contributed by atoms with E-state index in [0.29, 0.717) is 17.3 Å². The lowest BCUT2D eigenvalue weighted by atomic mass is 10.1. The van der Waals surface area contributed by atoms with Crippen molar-refractivity contribution in [3.05, 3.63) is 58.1 Å². The maximum absolute atomic E-state index is 14.1. The molecule has 0 fully saturated rings. The van der Waals surface area contributed by atoms with Crippen molar-refractivity contribution in [3.8, 4) is 28.5 Å². The van der Waals surface area contributed by atoms with Crippen LogP contribution in [0.4, 0.5) is 14.7 Å². The summed E-state index contributed by atoms with van der Waals surface area (Å²) in [6, 6.07) is 4.10. The smallest absolute Gasteiger partial charge is 0.290 e. The van der Waals surface area contributed by atoms with Crippen LogP contribution in [0.2, 0.25) is 0 Å². The van der Waals surface area contributed by atoms with E-state index in [0.717, 1.165) is 24.6 Å². The van der Waals surface area contributed by atoms with E-state index in [2.05, 4.69) is 19.7 Å². The van der Waals surface area contributed by atoms with Crippen molar-refractivity contribution in [2.24, 2.45) is 0 Å². The number of rotatable bonds is 6. The van der Waals surface area contributed by atoms with Gasteiger partial charge in [-0.2, -0.15) is 0 Å². The van der Waals surface area contributed by atoms with E-state index in [4.69, 9.17) is 9.47 Å². The highest BCUT2D eigenvalue weighted by Gasteiger charge is 2.19. The molecule has 12 heteroatoms. The van der Waals surface area contributed by atoms with Gasteiger partial charge in [0.15, 0.2) is 23.1 Å². The van der Waals surface area contributed by atoms with Gasteiger partial charge in [-0.15, -0.1) is 0 Å². The fourth-order valence-electron chi connectivity index (χ4n) is 2.53. The Morgan fingerprint density at radius 2 is 1.87 bits per heavy atom. The average molecular weight is 438 g/mol. The molecular weight excluding hydrogens is 422 g/mol. The molecule has 0 atom stereocenters. The van der Waals surface area contributed by atoms with Crippen LogP contribution in [-0.4, -0.2) is 36.7 Å². The van der Waals surface area contributed by atoms with Gasteiger partial charge in [0.25, 0.3) is 5.56 Å². The lowest BCUT2D eigenvalue weighted by Gasteiger charge is -2.14. The van der Waals surface area contributed by atoms with Crippen LogP contribution in [0.1, 0.15) is 5.69 Å². The minimum absolute atomic E-state index is 0.0342. The molecule has 0 radical (unpaired) electrons. The van der Waals surface area contributed by atoms with E-state index in [9.17, 15) is 22.0 Å². The summed E-state index contributed by atoms with van der Waals surface area (Å²) in [5.41, 5.74) is 0.207. The number of anilines is 1. The summed E-state index contributed by atoms with van der Waals surface area (Å²) in [4.78, 5) is 22.5. The lowest BCUT2D eigenvalue weighted by molar-refractivity contribution is 0.408. The number of hydrogen-bond donors (Lipinski definition) is 2. The number of methoxy groups -OCH3 is 1. The van der Waals surface area contributed by atoms with Crippen molar-refractivity contribution in [3.63, 3.8) is 0 Å². The molecular formula is C18H16F2N4O5S. The van der Waals surface area contributed by atoms with E-state index >= 15 is 0 Å². The second-order valence-corrected chi connectivity index (χ2v) is 7.91. The molecule has 0 bridgehead atoms. The number of hydrogen-bond acceptors (Lipinski definition) is 7. The fraction of sp³-hybridized carbons (Fsp3) is 0.167. The van der Waals surface area contributed by atoms with Crippen LogP contribution in [0.25, 0.3) is 11.3 Å². The number of sulfonamides is 1. The van der Waals surface area contributed by atoms with Crippen LogP contribution in [0, 0.1) is 18.6 Å². The topological polar surface area (TPSA) is 123 Å². The number of pyridine rings is 1. The van der Waals surface area contributed by atoms with Crippen LogP contribution >= 0.6 is 0 Å². The Morgan fingerprint density at radius 3 is 2.50 bits per heavy atom. The third kappa shape index (κ3) is 4.71. The predicted molar refractivity (Wildman–Crippen MR) is 104 cm³/mol. The average Bonchev–Trinajstić information content (AvgIpc) is 2.64. The monoisotopic (exact) mass is 438 g/mol. The van der Waals surface area contributed by atoms with Gasteiger partial charge in [0.05, 0.1) is 19.6 Å². The normalized spacial score (nSPS) is 11.2. The molecule has 2 heterocycles. The van der Waals surface area contributed by atoms with Crippen molar-refractivity contribution < 1.29 is 26.7 Å². The van der Waals surface area contributed by atoms with Crippen LogP contribution in [0.5, 0.6) is 17.2 Å². The summed E-state index contributed by atoms with van der Waals surface area (Å²) in [7, 11) is -2.39. The Morgan fingerprint density at radius 1 is 1.13 bits per heavy atom. The van der Waals surface area contributed by atoms with Gasteiger partial charge in [-0.05, 0) is 25.1 Å². The van der Waals surface area contributed by atoms with Gasteiger partial charge < -0.3 is 14.5 Å². The number of benzene rings is 1. The van der Waals surface area contributed by atoms with Crippen LogP contribution in [-0.2, 0) is 10.0 Å². The van der Waals surface area contributed by atoms with Crippen molar-refractivity contribution in [2.75, 3.05) is 18.1 Å². The predicted octanol–water partition coefficient (Wildman–Crippen LogP) is 2.59. The number of nitrogens with one attached hydrogen (secondary N) is 2. The Labute approximate surface area is 169 Å². The first-order chi connectivity index (χ1) is 14.1. The first-order valence-electron chi connectivity index (χ1n) is 8.33. The zero-order valence-electron chi connectivity index (χ0n) is 16.0. The van der Waals surface area contributed by atoms with Crippen molar-refractivity contribution >= 4 is 16.0 Å². The molecule has 3 aromatic rings. The van der Waals surface area contributed by atoms with E-state index in [1.165, 1.54) is 13.2 Å². The van der Waals surface area contributed by atoms with Gasteiger partial charge in [0, 0.05) is 17.3 Å². The highest BCUT2D eigenvalue weighted by molar-refractivity contribution is 7.91. The molecule has 0 amide bonds. The first kappa shape index (κ1) is 21.2. The maximum Gasteiger partial charge on any atom is 0.290 e. The van der Waals surface area contributed by atoms with Gasteiger partial charge in [0.1, 0.15) is 11.5 Å². The molecule has 3 rings (SSSR count). The molecule has 0 aliphatic carbocycles. The maximum atomic E-state index is 14.1. The van der Waals surface area contributed by atoms with Crippen LogP contribution in [0.3, 0.4) is 0 Å². The summed E-state index contributed by atoms with van der Waals surface area (Å²) in [5.74, 6) is -2.44. The highest BCUT2D eigenvalue weighted by Crippen LogP contribution is 2.35.